The normalized spacial score (nSPS) is 23.8. The number of nitrogens with one attached hydrogen (secondary N) is 1. The van der Waals surface area contributed by atoms with Crippen molar-refractivity contribution in [3.8, 4) is 0 Å². The van der Waals surface area contributed by atoms with Gasteiger partial charge in [-0.2, -0.15) is 0 Å². The fourth-order valence-electron chi connectivity index (χ4n) is 3.71. The van der Waals surface area contributed by atoms with E-state index in [-0.39, 0.29) is 23.3 Å². The Labute approximate surface area is 144 Å². The van der Waals surface area contributed by atoms with E-state index < -0.39 is 0 Å². The molecule has 2 amide bonds. The molecule has 5 nitrogen and oxygen atoms in total. The van der Waals surface area contributed by atoms with E-state index in [2.05, 4.69) is 19.2 Å². The number of nitrogens with zero attached hydrogens (tertiary/aromatic N) is 2. The summed E-state index contributed by atoms with van der Waals surface area (Å²) >= 11 is 0. The van der Waals surface area contributed by atoms with Gasteiger partial charge in [0.1, 0.15) is 0 Å². The van der Waals surface area contributed by atoms with Gasteiger partial charge in [-0.25, -0.2) is 0 Å². The maximum absolute atomic E-state index is 12.9. The van der Waals surface area contributed by atoms with Crippen molar-refractivity contribution >= 4 is 11.8 Å². The molecule has 5 heteroatoms. The molecular formula is C19H27N3O2. The Bertz CT molecular complexity index is 592. The summed E-state index contributed by atoms with van der Waals surface area (Å²) in [6, 6.07) is 9.24. The minimum absolute atomic E-state index is 0.00761. The lowest BCUT2D eigenvalue weighted by atomic mass is 9.77. The molecule has 3 rings (SSSR count). The smallest absolute Gasteiger partial charge is 0.253 e. The first-order valence-electron chi connectivity index (χ1n) is 8.85. The number of rotatable bonds is 2. The van der Waals surface area contributed by atoms with Crippen LogP contribution >= 0.6 is 0 Å². The summed E-state index contributed by atoms with van der Waals surface area (Å²) in [7, 11) is 0. The first kappa shape index (κ1) is 17.0. The highest BCUT2D eigenvalue weighted by molar-refractivity contribution is 5.94. The van der Waals surface area contributed by atoms with Crippen molar-refractivity contribution in [2.24, 2.45) is 5.41 Å². The average Bonchev–Trinajstić information content (AvgIpc) is 2.61. The molecule has 0 aromatic heterocycles. The SMILES string of the molecule is CC1(C)CCCNC1C(=O)N1CCN(C(=O)c2ccccc2)CC1. The molecule has 1 aromatic rings. The topological polar surface area (TPSA) is 52.7 Å². The highest BCUT2D eigenvalue weighted by atomic mass is 16.2. The lowest BCUT2D eigenvalue weighted by molar-refractivity contribution is -0.138. The number of hydrogen-bond donors (Lipinski definition) is 1. The molecular weight excluding hydrogens is 302 g/mol. The van der Waals surface area contributed by atoms with Crippen molar-refractivity contribution in [1.82, 2.24) is 15.1 Å². The quantitative estimate of drug-likeness (QED) is 0.899. The molecule has 0 aliphatic carbocycles. The van der Waals surface area contributed by atoms with Crippen molar-refractivity contribution in [2.75, 3.05) is 32.7 Å². The monoisotopic (exact) mass is 329 g/mol. The zero-order chi connectivity index (χ0) is 17.2. The van der Waals surface area contributed by atoms with Crippen LogP contribution < -0.4 is 5.32 Å². The predicted octanol–water partition coefficient (Wildman–Crippen LogP) is 1.75. The predicted molar refractivity (Wildman–Crippen MR) is 93.7 cm³/mol. The van der Waals surface area contributed by atoms with E-state index in [0.717, 1.165) is 19.4 Å². The van der Waals surface area contributed by atoms with E-state index in [1.807, 2.05) is 40.1 Å². The van der Waals surface area contributed by atoms with Crippen LogP contribution in [0.25, 0.3) is 0 Å². The minimum Gasteiger partial charge on any atom is -0.338 e. The second kappa shape index (κ2) is 6.93. The van der Waals surface area contributed by atoms with Crippen molar-refractivity contribution in [3.05, 3.63) is 35.9 Å². The third kappa shape index (κ3) is 3.46. The lowest BCUT2D eigenvalue weighted by Crippen LogP contribution is -2.60. The number of benzene rings is 1. The second-order valence-electron chi connectivity index (χ2n) is 7.46. The van der Waals surface area contributed by atoms with Gasteiger partial charge in [-0.3, -0.25) is 9.59 Å². The maximum Gasteiger partial charge on any atom is 0.253 e. The number of piperazine rings is 1. The second-order valence-corrected chi connectivity index (χ2v) is 7.46. The van der Waals surface area contributed by atoms with E-state index in [4.69, 9.17) is 0 Å². The van der Waals surface area contributed by atoms with E-state index in [9.17, 15) is 9.59 Å². The largest absolute Gasteiger partial charge is 0.338 e. The Hall–Kier alpha value is -1.88. The third-order valence-electron chi connectivity index (χ3n) is 5.27. The fraction of sp³-hybridized carbons (Fsp3) is 0.579. The van der Waals surface area contributed by atoms with Gasteiger partial charge in [-0.15, -0.1) is 0 Å². The Morgan fingerprint density at radius 1 is 1.04 bits per heavy atom. The van der Waals surface area contributed by atoms with Gasteiger partial charge < -0.3 is 15.1 Å². The van der Waals surface area contributed by atoms with Crippen LogP contribution in [0.2, 0.25) is 0 Å². The molecule has 0 bridgehead atoms. The van der Waals surface area contributed by atoms with Crippen LogP contribution in [0.5, 0.6) is 0 Å². The first-order valence-corrected chi connectivity index (χ1v) is 8.85. The van der Waals surface area contributed by atoms with Crippen LogP contribution in [-0.2, 0) is 4.79 Å². The molecule has 2 aliphatic heterocycles. The maximum atomic E-state index is 12.9. The van der Waals surface area contributed by atoms with Gasteiger partial charge in [0.25, 0.3) is 5.91 Å². The minimum atomic E-state index is -0.109. The Morgan fingerprint density at radius 3 is 2.29 bits per heavy atom. The number of hydrogen-bond acceptors (Lipinski definition) is 3. The summed E-state index contributed by atoms with van der Waals surface area (Å²) in [5, 5.41) is 3.39. The number of carbonyl (C=O) groups excluding carboxylic acids is 2. The molecule has 1 N–H and O–H groups in total. The first-order chi connectivity index (χ1) is 11.5. The fourth-order valence-corrected chi connectivity index (χ4v) is 3.71. The summed E-state index contributed by atoms with van der Waals surface area (Å²) in [4.78, 5) is 29.1. The van der Waals surface area contributed by atoms with Crippen LogP contribution in [-0.4, -0.2) is 60.4 Å². The molecule has 2 fully saturated rings. The van der Waals surface area contributed by atoms with Crippen molar-refractivity contribution in [3.63, 3.8) is 0 Å². The van der Waals surface area contributed by atoms with Crippen molar-refractivity contribution in [2.45, 2.75) is 32.7 Å². The molecule has 2 saturated heterocycles. The summed E-state index contributed by atoms with van der Waals surface area (Å²) in [5.74, 6) is 0.241. The molecule has 130 valence electrons. The zero-order valence-corrected chi connectivity index (χ0v) is 14.6. The summed E-state index contributed by atoms with van der Waals surface area (Å²) in [6.07, 6.45) is 2.19. The van der Waals surface area contributed by atoms with E-state index in [1.54, 1.807) is 0 Å². The zero-order valence-electron chi connectivity index (χ0n) is 14.6. The van der Waals surface area contributed by atoms with Gasteiger partial charge in [-0.05, 0) is 36.9 Å². The van der Waals surface area contributed by atoms with Gasteiger partial charge in [0.15, 0.2) is 0 Å². The van der Waals surface area contributed by atoms with Crippen LogP contribution in [0.3, 0.4) is 0 Å². The van der Waals surface area contributed by atoms with Crippen LogP contribution in [0, 0.1) is 5.41 Å². The van der Waals surface area contributed by atoms with Crippen LogP contribution in [0.15, 0.2) is 30.3 Å². The van der Waals surface area contributed by atoms with Gasteiger partial charge in [0, 0.05) is 31.7 Å². The van der Waals surface area contributed by atoms with Crippen molar-refractivity contribution < 1.29 is 9.59 Å². The molecule has 0 saturated carbocycles. The summed E-state index contributed by atoms with van der Waals surface area (Å²) in [5.41, 5.74) is 0.708. The van der Waals surface area contributed by atoms with Gasteiger partial charge >= 0.3 is 0 Å². The molecule has 2 aliphatic rings. The van der Waals surface area contributed by atoms with Gasteiger partial charge in [-0.1, -0.05) is 32.0 Å². The number of amides is 2. The summed E-state index contributed by atoms with van der Waals surface area (Å²) < 4.78 is 0. The van der Waals surface area contributed by atoms with Crippen molar-refractivity contribution in [1.29, 1.82) is 0 Å². The molecule has 24 heavy (non-hydrogen) atoms. The van der Waals surface area contributed by atoms with E-state index in [0.29, 0.717) is 31.7 Å². The Balaban J connectivity index is 1.59. The molecule has 0 radical (unpaired) electrons. The highest BCUT2D eigenvalue weighted by Crippen LogP contribution is 2.31. The molecule has 1 unspecified atom stereocenters. The molecule has 1 atom stereocenters. The average molecular weight is 329 g/mol. The van der Waals surface area contributed by atoms with Gasteiger partial charge in [0.05, 0.1) is 6.04 Å². The van der Waals surface area contributed by atoms with Crippen LogP contribution in [0.1, 0.15) is 37.0 Å². The van der Waals surface area contributed by atoms with Crippen LogP contribution in [0.4, 0.5) is 0 Å². The van der Waals surface area contributed by atoms with E-state index in [1.165, 1.54) is 0 Å². The summed E-state index contributed by atoms with van der Waals surface area (Å²) in [6.45, 7) is 7.68. The lowest BCUT2D eigenvalue weighted by Gasteiger charge is -2.43. The Morgan fingerprint density at radius 2 is 1.67 bits per heavy atom. The standard InChI is InChI=1S/C19H27N3O2/c1-19(2)9-6-10-20-16(19)18(24)22-13-11-21(12-14-22)17(23)15-7-4-3-5-8-15/h3-5,7-8,16,20H,6,9-14H2,1-2H3. The highest BCUT2D eigenvalue weighted by Gasteiger charge is 2.40. The molecule has 2 heterocycles. The Kier molecular flexibility index (Phi) is 4.90. The third-order valence-corrected chi connectivity index (χ3v) is 5.27. The molecule has 1 aromatic carbocycles. The number of carbonyl (C=O) groups is 2. The van der Waals surface area contributed by atoms with E-state index >= 15 is 0 Å². The van der Waals surface area contributed by atoms with Gasteiger partial charge in [0.2, 0.25) is 5.91 Å². The molecule has 0 spiro atoms. The number of piperidine rings is 1.